The third-order valence-corrected chi connectivity index (χ3v) is 4.91. The van der Waals surface area contributed by atoms with E-state index in [-0.39, 0.29) is 29.6 Å². The standard InChI is InChI=1S/C20H30N2O5/c1-13(2)20(24)22-11-16(17(12-22)19(23)21-8-9-25-3)15-7-6-14(26-4)10-18(15)27-5/h6-7,10,13,16-17H,8-9,11-12H2,1-5H3,(H,21,23)/t16-,17-/m1/s1. The van der Waals surface area contributed by atoms with Crippen LogP contribution < -0.4 is 14.8 Å². The Balaban J connectivity index is 2.31. The summed E-state index contributed by atoms with van der Waals surface area (Å²) in [6.07, 6.45) is 0. The summed E-state index contributed by atoms with van der Waals surface area (Å²) in [6, 6.07) is 5.58. The number of likely N-dealkylation sites (tertiary alicyclic amines) is 1. The molecule has 2 rings (SSSR count). The van der Waals surface area contributed by atoms with Crippen LogP contribution in [0, 0.1) is 11.8 Å². The van der Waals surface area contributed by atoms with Crippen LogP contribution in [0.5, 0.6) is 11.5 Å². The summed E-state index contributed by atoms with van der Waals surface area (Å²) in [5.74, 6) is 0.730. The van der Waals surface area contributed by atoms with Gasteiger partial charge in [-0.3, -0.25) is 9.59 Å². The maximum atomic E-state index is 12.8. The molecular weight excluding hydrogens is 348 g/mol. The minimum atomic E-state index is -0.341. The van der Waals surface area contributed by atoms with Crippen molar-refractivity contribution < 1.29 is 23.8 Å². The zero-order chi connectivity index (χ0) is 20.0. The number of benzene rings is 1. The number of hydrogen-bond acceptors (Lipinski definition) is 5. The average molecular weight is 378 g/mol. The van der Waals surface area contributed by atoms with Gasteiger partial charge in [-0.05, 0) is 6.07 Å². The summed E-state index contributed by atoms with van der Waals surface area (Å²) in [7, 11) is 4.78. The van der Waals surface area contributed by atoms with Gasteiger partial charge < -0.3 is 24.4 Å². The van der Waals surface area contributed by atoms with Crippen molar-refractivity contribution in [3.63, 3.8) is 0 Å². The molecule has 27 heavy (non-hydrogen) atoms. The molecule has 0 bridgehead atoms. The molecule has 1 N–H and O–H groups in total. The number of carbonyl (C=O) groups excluding carboxylic acids is 2. The fraction of sp³-hybridized carbons (Fsp3) is 0.600. The van der Waals surface area contributed by atoms with E-state index < -0.39 is 0 Å². The molecule has 0 aromatic heterocycles. The van der Waals surface area contributed by atoms with Crippen LogP contribution in [0.25, 0.3) is 0 Å². The van der Waals surface area contributed by atoms with Crippen LogP contribution in [0.4, 0.5) is 0 Å². The predicted octanol–water partition coefficient (Wildman–Crippen LogP) is 1.66. The highest BCUT2D eigenvalue weighted by Crippen LogP contribution is 2.39. The second-order valence-electron chi connectivity index (χ2n) is 7.00. The molecule has 1 fully saturated rings. The lowest BCUT2D eigenvalue weighted by Gasteiger charge is -2.21. The summed E-state index contributed by atoms with van der Waals surface area (Å²) in [5.41, 5.74) is 0.907. The Hall–Kier alpha value is -2.28. The molecule has 2 atom stereocenters. The van der Waals surface area contributed by atoms with Crippen molar-refractivity contribution in [3.8, 4) is 11.5 Å². The third-order valence-electron chi connectivity index (χ3n) is 4.91. The number of ether oxygens (including phenoxy) is 3. The van der Waals surface area contributed by atoms with Gasteiger partial charge in [-0.1, -0.05) is 19.9 Å². The smallest absolute Gasteiger partial charge is 0.225 e. The van der Waals surface area contributed by atoms with Gasteiger partial charge >= 0.3 is 0 Å². The van der Waals surface area contributed by atoms with Crippen LogP contribution in [-0.4, -0.2) is 64.3 Å². The van der Waals surface area contributed by atoms with Crippen LogP contribution in [0.1, 0.15) is 25.3 Å². The summed E-state index contributed by atoms with van der Waals surface area (Å²) in [6.45, 7) is 5.52. The molecule has 0 aliphatic carbocycles. The minimum Gasteiger partial charge on any atom is -0.497 e. The second-order valence-corrected chi connectivity index (χ2v) is 7.00. The molecule has 0 spiro atoms. The Morgan fingerprint density at radius 2 is 1.93 bits per heavy atom. The number of hydrogen-bond donors (Lipinski definition) is 1. The first kappa shape index (κ1) is 21.0. The van der Waals surface area contributed by atoms with Crippen molar-refractivity contribution in [2.45, 2.75) is 19.8 Å². The maximum absolute atomic E-state index is 12.8. The zero-order valence-corrected chi connectivity index (χ0v) is 16.8. The lowest BCUT2D eigenvalue weighted by atomic mass is 9.87. The molecule has 0 unspecified atom stereocenters. The quantitative estimate of drug-likeness (QED) is 0.696. The first-order valence-corrected chi connectivity index (χ1v) is 9.20. The molecule has 2 amide bonds. The first-order chi connectivity index (χ1) is 12.9. The number of amides is 2. The molecule has 0 radical (unpaired) electrons. The number of nitrogens with zero attached hydrogens (tertiary/aromatic N) is 1. The second kappa shape index (κ2) is 9.60. The lowest BCUT2D eigenvalue weighted by molar-refractivity contribution is -0.133. The lowest BCUT2D eigenvalue weighted by Crippen LogP contribution is -2.37. The summed E-state index contributed by atoms with van der Waals surface area (Å²) >= 11 is 0. The highest BCUT2D eigenvalue weighted by atomic mass is 16.5. The van der Waals surface area contributed by atoms with E-state index in [9.17, 15) is 9.59 Å². The molecule has 1 aromatic carbocycles. The van der Waals surface area contributed by atoms with Gasteiger partial charge in [0.15, 0.2) is 0 Å². The molecule has 7 nitrogen and oxygen atoms in total. The Bertz CT molecular complexity index is 662. The van der Waals surface area contributed by atoms with E-state index in [0.29, 0.717) is 37.7 Å². The van der Waals surface area contributed by atoms with E-state index in [0.717, 1.165) is 5.56 Å². The third kappa shape index (κ3) is 4.91. The van der Waals surface area contributed by atoms with Crippen molar-refractivity contribution in [1.29, 1.82) is 0 Å². The maximum Gasteiger partial charge on any atom is 0.225 e. The van der Waals surface area contributed by atoms with Crippen LogP contribution in [0.15, 0.2) is 18.2 Å². The number of carbonyl (C=O) groups is 2. The van der Waals surface area contributed by atoms with Crippen molar-refractivity contribution in [1.82, 2.24) is 10.2 Å². The molecule has 0 saturated carbocycles. The SMILES string of the molecule is COCCNC(=O)[C@@H]1CN(C(=O)C(C)C)C[C@@H]1c1ccc(OC)cc1OC. The number of nitrogens with one attached hydrogen (secondary N) is 1. The molecule has 1 aliphatic heterocycles. The fourth-order valence-electron chi connectivity index (χ4n) is 3.46. The van der Waals surface area contributed by atoms with Crippen LogP contribution in [0.2, 0.25) is 0 Å². The van der Waals surface area contributed by atoms with E-state index in [1.165, 1.54) is 0 Å². The van der Waals surface area contributed by atoms with Crippen molar-refractivity contribution in [2.24, 2.45) is 11.8 Å². The number of methoxy groups -OCH3 is 3. The highest BCUT2D eigenvalue weighted by Gasteiger charge is 2.41. The van der Waals surface area contributed by atoms with Gasteiger partial charge in [-0.2, -0.15) is 0 Å². The summed E-state index contributed by atoms with van der Waals surface area (Å²) in [4.78, 5) is 27.1. The first-order valence-electron chi connectivity index (χ1n) is 9.20. The Kier molecular flexibility index (Phi) is 7.47. The molecule has 7 heteroatoms. The fourth-order valence-corrected chi connectivity index (χ4v) is 3.46. The van der Waals surface area contributed by atoms with Crippen molar-refractivity contribution in [3.05, 3.63) is 23.8 Å². The van der Waals surface area contributed by atoms with Gasteiger partial charge in [0.05, 0.1) is 26.7 Å². The summed E-state index contributed by atoms with van der Waals surface area (Å²) < 4.78 is 15.8. The molecule has 1 aromatic rings. The van der Waals surface area contributed by atoms with E-state index in [4.69, 9.17) is 14.2 Å². The highest BCUT2D eigenvalue weighted by molar-refractivity contribution is 5.84. The van der Waals surface area contributed by atoms with Crippen LogP contribution >= 0.6 is 0 Å². The van der Waals surface area contributed by atoms with E-state index in [2.05, 4.69) is 5.32 Å². The molecule has 150 valence electrons. The Morgan fingerprint density at radius 1 is 1.19 bits per heavy atom. The zero-order valence-electron chi connectivity index (χ0n) is 16.8. The van der Waals surface area contributed by atoms with Gasteiger partial charge in [0.25, 0.3) is 0 Å². The predicted molar refractivity (Wildman–Crippen MR) is 102 cm³/mol. The molecular formula is C20H30N2O5. The van der Waals surface area contributed by atoms with Crippen molar-refractivity contribution in [2.75, 3.05) is 47.6 Å². The topological polar surface area (TPSA) is 77.1 Å². The van der Waals surface area contributed by atoms with Gasteiger partial charge in [0.1, 0.15) is 11.5 Å². The summed E-state index contributed by atoms with van der Waals surface area (Å²) in [5, 5.41) is 2.91. The van der Waals surface area contributed by atoms with Gasteiger partial charge in [0.2, 0.25) is 11.8 Å². The van der Waals surface area contributed by atoms with Gasteiger partial charge in [-0.15, -0.1) is 0 Å². The van der Waals surface area contributed by atoms with Gasteiger partial charge in [0, 0.05) is 50.2 Å². The number of rotatable bonds is 8. The average Bonchev–Trinajstić information content (AvgIpc) is 3.11. The van der Waals surface area contributed by atoms with E-state index in [1.54, 1.807) is 26.2 Å². The Morgan fingerprint density at radius 3 is 2.52 bits per heavy atom. The van der Waals surface area contributed by atoms with E-state index in [1.807, 2.05) is 32.0 Å². The van der Waals surface area contributed by atoms with Crippen molar-refractivity contribution >= 4 is 11.8 Å². The minimum absolute atomic E-state index is 0.0553. The molecule has 1 heterocycles. The normalized spacial score (nSPS) is 19.3. The van der Waals surface area contributed by atoms with E-state index >= 15 is 0 Å². The van der Waals surface area contributed by atoms with Gasteiger partial charge in [-0.25, -0.2) is 0 Å². The molecule has 1 saturated heterocycles. The van der Waals surface area contributed by atoms with Crippen LogP contribution in [0.3, 0.4) is 0 Å². The largest absolute Gasteiger partial charge is 0.497 e. The monoisotopic (exact) mass is 378 g/mol. The Labute approximate surface area is 161 Å². The molecule has 1 aliphatic rings. The van der Waals surface area contributed by atoms with Crippen LogP contribution in [-0.2, 0) is 14.3 Å².